The fourth-order valence-electron chi connectivity index (χ4n) is 3.12. The third-order valence-corrected chi connectivity index (χ3v) is 4.70. The summed E-state index contributed by atoms with van der Waals surface area (Å²) in [4.78, 5) is 2.51. The zero-order valence-electron chi connectivity index (χ0n) is 12.7. The predicted molar refractivity (Wildman–Crippen MR) is 91.5 cm³/mol. The molecule has 1 fully saturated rings. The molecule has 1 heterocycles. The molecule has 22 heavy (non-hydrogen) atoms. The van der Waals surface area contributed by atoms with Crippen LogP contribution in [0.4, 0.5) is 0 Å². The van der Waals surface area contributed by atoms with Crippen LogP contribution in [0.25, 0.3) is 0 Å². The van der Waals surface area contributed by atoms with Gasteiger partial charge in [-0.25, -0.2) is 0 Å². The van der Waals surface area contributed by atoms with E-state index in [4.69, 9.17) is 16.3 Å². The molecule has 0 saturated carbocycles. The second-order valence-corrected chi connectivity index (χ2v) is 6.13. The molecule has 1 aliphatic heterocycles. The molecule has 2 aromatic carbocycles. The van der Waals surface area contributed by atoms with Crippen LogP contribution in [0.1, 0.15) is 18.4 Å². The largest absolute Gasteiger partial charge is 0.492 e. The molecule has 0 amide bonds. The molecular weight excluding hydrogens is 294 g/mol. The molecule has 3 rings (SSSR count). The highest BCUT2D eigenvalue weighted by molar-refractivity contribution is 6.18. The molecule has 0 aromatic heterocycles. The lowest BCUT2D eigenvalue weighted by atomic mass is 10.2. The van der Waals surface area contributed by atoms with Gasteiger partial charge in [-0.05, 0) is 30.5 Å². The maximum atomic E-state index is 6.17. The summed E-state index contributed by atoms with van der Waals surface area (Å²) in [6.45, 7) is 1.67. The molecule has 0 spiro atoms. The van der Waals surface area contributed by atoms with Crippen LogP contribution in [0.5, 0.6) is 5.75 Å². The van der Waals surface area contributed by atoms with Gasteiger partial charge >= 0.3 is 0 Å². The van der Waals surface area contributed by atoms with Crippen molar-refractivity contribution in [1.29, 1.82) is 0 Å². The third kappa shape index (κ3) is 3.82. The Morgan fingerprint density at radius 2 is 1.55 bits per heavy atom. The molecule has 3 heteroatoms. The second kappa shape index (κ2) is 7.66. The van der Waals surface area contributed by atoms with E-state index in [9.17, 15) is 0 Å². The van der Waals surface area contributed by atoms with Crippen LogP contribution in [-0.2, 0) is 6.54 Å². The lowest BCUT2D eigenvalue weighted by Crippen LogP contribution is -2.39. The number of halogens is 1. The van der Waals surface area contributed by atoms with E-state index >= 15 is 0 Å². The minimum atomic E-state index is 0.434. The molecule has 2 aromatic rings. The van der Waals surface area contributed by atoms with E-state index in [0.717, 1.165) is 31.7 Å². The molecule has 0 radical (unpaired) electrons. The lowest BCUT2D eigenvalue weighted by molar-refractivity contribution is 0.140. The molecule has 2 unspecified atom stereocenters. The number of rotatable bonds is 6. The fourth-order valence-corrected chi connectivity index (χ4v) is 3.45. The Morgan fingerprint density at radius 1 is 0.909 bits per heavy atom. The van der Waals surface area contributed by atoms with Crippen molar-refractivity contribution in [2.45, 2.75) is 31.5 Å². The van der Waals surface area contributed by atoms with Crippen LogP contribution >= 0.6 is 11.6 Å². The van der Waals surface area contributed by atoms with E-state index in [1.54, 1.807) is 0 Å². The molecule has 0 bridgehead atoms. The van der Waals surface area contributed by atoms with Crippen molar-refractivity contribution < 1.29 is 4.74 Å². The van der Waals surface area contributed by atoms with Gasteiger partial charge in [-0.2, -0.15) is 0 Å². The average Bonchev–Trinajstić information content (AvgIpc) is 2.97. The molecular formula is C19H22ClNO. The maximum Gasteiger partial charge on any atom is 0.119 e. The molecule has 2 nitrogen and oxygen atoms in total. The summed E-state index contributed by atoms with van der Waals surface area (Å²) in [5, 5.41) is 0. The second-order valence-electron chi connectivity index (χ2n) is 5.82. The number of hydrogen-bond donors (Lipinski definition) is 0. The first-order chi connectivity index (χ1) is 10.9. The van der Waals surface area contributed by atoms with E-state index in [-0.39, 0.29) is 0 Å². The van der Waals surface area contributed by atoms with Gasteiger partial charge in [-0.1, -0.05) is 48.5 Å². The van der Waals surface area contributed by atoms with E-state index in [1.807, 2.05) is 30.3 Å². The van der Waals surface area contributed by atoms with Gasteiger partial charge in [0.05, 0.1) is 0 Å². The topological polar surface area (TPSA) is 12.5 Å². The standard InChI is InChI=1S/C19H22ClNO/c20-13-17-11-12-18(15-22-19-9-5-2-6-10-19)21(17)14-16-7-3-1-4-8-16/h1-10,17-18H,11-15H2. The van der Waals surface area contributed by atoms with Crippen LogP contribution in [0.2, 0.25) is 0 Å². The first-order valence-corrected chi connectivity index (χ1v) is 8.44. The Bertz CT molecular complexity index is 560. The third-order valence-electron chi connectivity index (χ3n) is 4.34. The number of ether oxygens (including phenoxy) is 1. The van der Waals surface area contributed by atoms with Crippen molar-refractivity contribution in [3.8, 4) is 5.75 Å². The molecule has 0 aliphatic carbocycles. The van der Waals surface area contributed by atoms with Crippen molar-refractivity contribution in [2.24, 2.45) is 0 Å². The molecule has 1 aliphatic rings. The van der Waals surface area contributed by atoms with Gasteiger partial charge in [0, 0.05) is 24.5 Å². The normalized spacial score (nSPS) is 21.9. The summed E-state index contributed by atoms with van der Waals surface area (Å²) in [5.74, 6) is 1.63. The first-order valence-electron chi connectivity index (χ1n) is 7.90. The summed E-state index contributed by atoms with van der Waals surface area (Å²) in [7, 11) is 0. The van der Waals surface area contributed by atoms with Crippen LogP contribution in [-0.4, -0.2) is 29.5 Å². The number of likely N-dealkylation sites (tertiary alicyclic amines) is 1. The number of para-hydroxylation sites is 1. The Labute approximate surface area is 137 Å². The molecule has 1 saturated heterocycles. The average molecular weight is 316 g/mol. The number of hydrogen-bond acceptors (Lipinski definition) is 2. The van der Waals surface area contributed by atoms with Crippen molar-refractivity contribution >= 4 is 11.6 Å². The van der Waals surface area contributed by atoms with Crippen molar-refractivity contribution in [3.63, 3.8) is 0 Å². The molecule has 0 N–H and O–H groups in total. The Hall–Kier alpha value is -1.51. The van der Waals surface area contributed by atoms with Crippen molar-refractivity contribution in [2.75, 3.05) is 12.5 Å². The number of nitrogens with zero attached hydrogens (tertiary/aromatic N) is 1. The Morgan fingerprint density at radius 3 is 2.23 bits per heavy atom. The SMILES string of the molecule is ClCC1CCC(COc2ccccc2)N1Cc1ccccc1. The fraction of sp³-hybridized carbons (Fsp3) is 0.368. The van der Waals surface area contributed by atoms with E-state index in [2.05, 4.69) is 35.2 Å². The van der Waals surface area contributed by atoms with Gasteiger partial charge in [0.25, 0.3) is 0 Å². The monoisotopic (exact) mass is 315 g/mol. The summed E-state index contributed by atoms with van der Waals surface area (Å²) in [5.41, 5.74) is 1.34. The van der Waals surface area contributed by atoms with Gasteiger partial charge in [-0.15, -0.1) is 11.6 Å². The predicted octanol–water partition coefficient (Wildman–Crippen LogP) is 4.34. The number of alkyl halides is 1. The highest BCUT2D eigenvalue weighted by Crippen LogP contribution is 2.27. The summed E-state index contributed by atoms with van der Waals surface area (Å²) < 4.78 is 5.97. The zero-order chi connectivity index (χ0) is 15.2. The Balaban J connectivity index is 1.64. The van der Waals surface area contributed by atoms with Crippen LogP contribution in [0.15, 0.2) is 60.7 Å². The van der Waals surface area contributed by atoms with Crippen LogP contribution in [0.3, 0.4) is 0 Å². The quantitative estimate of drug-likeness (QED) is 0.735. The molecule has 116 valence electrons. The van der Waals surface area contributed by atoms with Gasteiger partial charge in [0.2, 0.25) is 0 Å². The highest BCUT2D eigenvalue weighted by Gasteiger charge is 2.33. The van der Waals surface area contributed by atoms with Gasteiger partial charge < -0.3 is 4.74 Å². The van der Waals surface area contributed by atoms with Crippen LogP contribution in [0, 0.1) is 0 Å². The van der Waals surface area contributed by atoms with E-state index in [1.165, 1.54) is 5.56 Å². The summed E-state index contributed by atoms with van der Waals surface area (Å²) in [6.07, 6.45) is 2.30. The van der Waals surface area contributed by atoms with Crippen molar-refractivity contribution in [3.05, 3.63) is 66.2 Å². The highest BCUT2D eigenvalue weighted by atomic mass is 35.5. The summed E-state index contributed by atoms with van der Waals surface area (Å²) >= 11 is 6.17. The maximum absolute atomic E-state index is 6.17. The van der Waals surface area contributed by atoms with E-state index < -0.39 is 0 Å². The van der Waals surface area contributed by atoms with E-state index in [0.29, 0.717) is 18.0 Å². The smallest absolute Gasteiger partial charge is 0.119 e. The minimum absolute atomic E-state index is 0.434. The Kier molecular flexibility index (Phi) is 5.36. The van der Waals surface area contributed by atoms with Gasteiger partial charge in [0.15, 0.2) is 0 Å². The zero-order valence-corrected chi connectivity index (χ0v) is 13.5. The minimum Gasteiger partial charge on any atom is -0.492 e. The van der Waals surface area contributed by atoms with Gasteiger partial charge in [-0.3, -0.25) is 4.90 Å². The number of benzene rings is 2. The first kappa shape index (κ1) is 15.4. The molecule has 2 atom stereocenters. The lowest BCUT2D eigenvalue weighted by Gasteiger charge is -2.29. The van der Waals surface area contributed by atoms with Gasteiger partial charge in [0.1, 0.15) is 12.4 Å². The van der Waals surface area contributed by atoms with Crippen molar-refractivity contribution in [1.82, 2.24) is 4.90 Å². The van der Waals surface area contributed by atoms with Crippen LogP contribution < -0.4 is 4.74 Å². The summed E-state index contributed by atoms with van der Waals surface area (Å²) in [6, 6.07) is 21.5.